The number of benzene rings is 2. The predicted molar refractivity (Wildman–Crippen MR) is 87.8 cm³/mol. The molecule has 0 atom stereocenters. The van der Waals surface area contributed by atoms with Gasteiger partial charge in [-0.2, -0.15) is 0 Å². The molecule has 2 aromatic rings. The summed E-state index contributed by atoms with van der Waals surface area (Å²) in [7, 11) is 0. The molecule has 2 N–H and O–H groups in total. The van der Waals surface area contributed by atoms with Gasteiger partial charge >= 0.3 is 0 Å². The van der Waals surface area contributed by atoms with Gasteiger partial charge < -0.3 is 10.6 Å². The molecule has 2 aromatic carbocycles. The maximum absolute atomic E-state index is 13.0. The first-order valence-electron chi connectivity index (χ1n) is 6.36. The van der Waals surface area contributed by atoms with E-state index in [4.69, 9.17) is 0 Å². The van der Waals surface area contributed by atoms with E-state index in [9.17, 15) is 14.0 Å². The number of hydrogen-bond acceptors (Lipinski definition) is 3. The smallest absolute Gasteiger partial charge is 0.255 e. The number of thioether (sulfide) groups is 1. The van der Waals surface area contributed by atoms with E-state index in [0.29, 0.717) is 27.2 Å². The summed E-state index contributed by atoms with van der Waals surface area (Å²) in [5.74, 6) is -0.434. The van der Waals surface area contributed by atoms with Crippen molar-refractivity contribution in [2.75, 3.05) is 16.4 Å². The molecule has 0 saturated carbocycles. The maximum Gasteiger partial charge on any atom is 0.255 e. The van der Waals surface area contributed by atoms with Gasteiger partial charge in [0, 0.05) is 14.9 Å². The Bertz CT molecular complexity index is 782. The van der Waals surface area contributed by atoms with Gasteiger partial charge in [0.2, 0.25) is 5.91 Å². The number of halogens is 2. The second-order valence-electron chi connectivity index (χ2n) is 4.63. The third-order valence-corrected chi connectivity index (χ3v) is 4.78. The highest BCUT2D eigenvalue weighted by Crippen LogP contribution is 2.32. The van der Waals surface area contributed by atoms with Crippen molar-refractivity contribution in [3.8, 4) is 0 Å². The van der Waals surface area contributed by atoms with E-state index in [1.807, 2.05) is 0 Å². The van der Waals surface area contributed by atoms with Crippen LogP contribution in [0.1, 0.15) is 10.4 Å². The van der Waals surface area contributed by atoms with Crippen molar-refractivity contribution >= 4 is 50.9 Å². The molecule has 0 saturated heterocycles. The molecule has 112 valence electrons. The van der Waals surface area contributed by atoms with Gasteiger partial charge in [0.25, 0.3) is 5.91 Å². The van der Waals surface area contributed by atoms with E-state index in [2.05, 4.69) is 26.6 Å². The highest BCUT2D eigenvalue weighted by Gasteiger charge is 2.17. The Hall–Kier alpha value is -1.86. The maximum atomic E-state index is 13.0. The zero-order valence-corrected chi connectivity index (χ0v) is 13.6. The van der Waals surface area contributed by atoms with Crippen LogP contribution in [0.5, 0.6) is 0 Å². The Morgan fingerprint density at radius 3 is 2.86 bits per heavy atom. The molecule has 0 bridgehead atoms. The van der Waals surface area contributed by atoms with Gasteiger partial charge in [-0.3, -0.25) is 9.59 Å². The van der Waals surface area contributed by atoms with Gasteiger partial charge in [-0.15, -0.1) is 11.8 Å². The molecule has 0 radical (unpaired) electrons. The van der Waals surface area contributed by atoms with Gasteiger partial charge in [0.1, 0.15) is 5.82 Å². The summed E-state index contributed by atoms with van der Waals surface area (Å²) in [6.07, 6.45) is 0. The first kappa shape index (κ1) is 15.1. The Balaban J connectivity index is 1.83. The molecular weight excluding hydrogens is 371 g/mol. The summed E-state index contributed by atoms with van der Waals surface area (Å²) in [6.45, 7) is 0. The standard InChI is InChI=1S/C15H10BrFN2O2S/c16-10-6-9(17)2-3-11(10)19-15(21)8-1-4-13-12(5-8)18-14(20)7-22-13/h1-6H,7H2,(H,18,20)(H,19,21). The second-order valence-corrected chi connectivity index (χ2v) is 6.50. The first-order chi connectivity index (χ1) is 10.5. The SMILES string of the molecule is O=C1CSc2ccc(C(=O)Nc3ccc(F)cc3Br)cc2N1. The Morgan fingerprint density at radius 2 is 2.09 bits per heavy atom. The number of anilines is 2. The lowest BCUT2D eigenvalue weighted by Crippen LogP contribution is -2.20. The van der Waals surface area contributed by atoms with E-state index >= 15 is 0 Å². The predicted octanol–water partition coefficient (Wildman–Crippen LogP) is 3.88. The fraction of sp³-hybridized carbons (Fsp3) is 0.0667. The van der Waals surface area contributed by atoms with Crippen LogP contribution in [0.2, 0.25) is 0 Å². The normalized spacial score (nSPS) is 13.3. The van der Waals surface area contributed by atoms with Crippen LogP contribution in [0, 0.1) is 5.82 Å². The van der Waals surface area contributed by atoms with Crippen molar-refractivity contribution in [3.05, 3.63) is 52.3 Å². The average molecular weight is 381 g/mol. The quantitative estimate of drug-likeness (QED) is 0.830. The topological polar surface area (TPSA) is 58.2 Å². The van der Waals surface area contributed by atoms with Crippen LogP contribution in [0.4, 0.5) is 15.8 Å². The van der Waals surface area contributed by atoms with E-state index in [-0.39, 0.29) is 11.8 Å². The molecule has 1 heterocycles. The number of carbonyl (C=O) groups is 2. The largest absolute Gasteiger partial charge is 0.324 e. The Kier molecular flexibility index (Phi) is 4.17. The number of rotatable bonds is 2. The van der Waals surface area contributed by atoms with Crippen LogP contribution >= 0.6 is 27.7 Å². The van der Waals surface area contributed by atoms with E-state index in [1.54, 1.807) is 18.2 Å². The minimum atomic E-state index is -0.390. The summed E-state index contributed by atoms with van der Waals surface area (Å²) in [4.78, 5) is 24.6. The molecule has 0 spiro atoms. The van der Waals surface area contributed by atoms with Crippen molar-refractivity contribution in [1.29, 1.82) is 0 Å². The van der Waals surface area contributed by atoms with Crippen LogP contribution < -0.4 is 10.6 Å². The molecule has 3 rings (SSSR count). The van der Waals surface area contributed by atoms with Gasteiger partial charge in [-0.1, -0.05) is 0 Å². The second kappa shape index (κ2) is 6.10. The zero-order chi connectivity index (χ0) is 15.7. The molecule has 0 fully saturated rings. The monoisotopic (exact) mass is 380 g/mol. The molecule has 0 aromatic heterocycles. The highest BCUT2D eigenvalue weighted by molar-refractivity contribution is 9.10. The molecule has 22 heavy (non-hydrogen) atoms. The molecule has 1 aliphatic rings. The molecule has 7 heteroatoms. The molecule has 4 nitrogen and oxygen atoms in total. The fourth-order valence-corrected chi connectivity index (χ4v) is 3.25. The summed E-state index contributed by atoms with van der Waals surface area (Å²) in [6, 6.07) is 9.15. The number of carbonyl (C=O) groups excluding carboxylic acids is 2. The van der Waals surface area contributed by atoms with Crippen LogP contribution in [-0.4, -0.2) is 17.6 Å². The number of fused-ring (bicyclic) bond motifs is 1. The minimum absolute atomic E-state index is 0.0867. The Labute approximate surface area is 138 Å². The highest BCUT2D eigenvalue weighted by atomic mass is 79.9. The van der Waals surface area contributed by atoms with Crippen molar-refractivity contribution in [2.24, 2.45) is 0 Å². The number of nitrogens with one attached hydrogen (secondary N) is 2. The number of amides is 2. The summed E-state index contributed by atoms with van der Waals surface area (Å²) < 4.78 is 13.5. The van der Waals surface area contributed by atoms with E-state index in [0.717, 1.165) is 4.90 Å². The minimum Gasteiger partial charge on any atom is -0.324 e. The Morgan fingerprint density at radius 1 is 1.27 bits per heavy atom. The van der Waals surface area contributed by atoms with E-state index < -0.39 is 5.82 Å². The van der Waals surface area contributed by atoms with E-state index in [1.165, 1.54) is 30.0 Å². The van der Waals surface area contributed by atoms with Crippen LogP contribution in [0.3, 0.4) is 0 Å². The van der Waals surface area contributed by atoms with Crippen LogP contribution in [0.25, 0.3) is 0 Å². The molecule has 2 amide bonds. The van der Waals surface area contributed by atoms with Crippen LogP contribution in [-0.2, 0) is 4.79 Å². The first-order valence-corrected chi connectivity index (χ1v) is 8.14. The lowest BCUT2D eigenvalue weighted by atomic mass is 10.1. The summed E-state index contributed by atoms with van der Waals surface area (Å²) in [5.41, 5.74) is 1.52. The van der Waals surface area contributed by atoms with Crippen molar-refractivity contribution in [3.63, 3.8) is 0 Å². The van der Waals surface area contributed by atoms with Gasteiger partial charge in [0.05, 0.1) is 17.1 Å². The molecule has 0 unspecified atom stereocenters. The third kappa shape index (κ3) is 3.15. The molecular formula is C15H10BrFN2O2S. The van der Waals surface area contributed by atoms with Crippen molar-refractivity contribution < 1.29 is 14.0 Å². The molecule has 0 aliphatic carbocycles. The van der Waals surface area contributed by atoms with Crippen LogP contribution in [0.15, 0.2) is 45.8 Å². The number of hydrogen-bond donors (Lipinski definition) is 2. The zero-order valence-electron chi connectivity index (χ0n) is 11.2. The van der Waals surface area contributed by atoms with Gasteiger partial charge in [-0.05, 0) is 52.3 Å². The lowest BCUT2D eigenvalue weighted by Gasteiger charge is -2.17. The van der Waals surface area contributed by atoms with Crippen molar-refractivity contribution in [2.45, 2.75) is 4.90 Å². The van der Waals surface area contributed by atoms with Gasteiger partial charge in [0.15, 0.2) is 0 Å². The lowest BCUT2D eigenvalue weighted by molar-refractivity contribution is -0.113. The summed E-state index contributed by atoms with van der Waals surface area (Å²) >= 11 is 4.63. The average Bonchev–Trinajstić information content (AvgIpc) is 2.49. The van der Waals surface area contributed by atoms with Crippen molar-refractivity contribution in [1.82, 2.24) is 0 Å². The molecule has 1 aliphatic heterocycles. The fourth-order valence-electron chi connectivity index (χ4n) is 2.01. The van der Waals surface area contributed by atoms with Gasteiger partial charge in [-0.25, -0.2) is 4.39 Å². The summed E-state index contributed by atoms with van der Waals surface area (Å²) in [5, 5.41) is 5.44. The third-order valence-electron chi connectivity index (χ3n) is 3.05.